The van der Waals surface area contributed by atoms with E-state index in [9.17, 15) is 18.0 Å². The van der Waals surface area contributed by atoms with Crippen LogP contribution in [0.2, 0.25) is 5.02 Å². The topological polar surface area (TPSA) is 55.1 Å². The lowest BCUT2D eigenvalue weighted by Crippen LogP contribution is -2.21. The lowest BCUT2D eigenvalue weighted by Gasteiger charge is -2.12. The highest BCUT2D eigenvalue weighted by atomic mass is 35.5. The number of hydrogen-bond donors (Lipinski definition) is 1. The first-order valence-electron chi connectivity index (χ1n) is 4.74. The zero-order valence-corrected chi connectivity index (χ0v) is 9.80. The van der Waals surface area contributed by atoms with E-state index in [0.717, 1.165) is 4.68 Å². The molecule has 1 aromatic heterocycles. The maximum absolute atomic E-state index is 12.5. The second kappa shape index (κ2) is 4.56. The van der Waals surface area contributed by atoms with Crippen LogP contribution in [-0.2, 0) is 11.0 Å². The summed E-state index contributed by atoms with van der Waals surface area (Å²) in [6, 6.07) is -1.15. The Kier molecular flexibility index (Phi) is 3.71. The maximum Gasteiger partial charge on any atom is 0.436 e. The number of aliphatic carboxylic acids is 1. The number of hydrogen-bond acceptors (Lipinski definition) is 2. The number of halogens is 4. The Morgan fingerprint density at radius 3 is 2.41 bits per heavy atom. The molecule has 17 heavy (non-hydrogen) atoms. The number of nitrogens with zero attached hydrogens (tertiary/aromatic N) is 2. The van der Waals surface area contributed by atoms with Gasteiger partial charge in [0.05, 0.1) is 10.7 Å². The van der Waals surface area contributed by atoms with Crippen molar-refractivity contribution < 1.29 is 23.1 Å². The Hall–Kier alpha value is -1.24. The minimum atomic E-state index is -4.69. The molecular weight excluding hydrogens is 261 g/mol. The van der Waals surface area contributed by atoms with Crippen molar-refractivity contribution in [2.24, 2.45) is 0 Å². The third-order valence-electron chi connectivity index (χ3n) is 2.31. The van der Waals surface area contributed by atoms with Gasteiger partial charge in [-0.2, -0.15) is 18.3 Å². The molecule has 0 fully saturated rings. The lowest BCUT2D eigenvalue weighted by molar-refractivity contribution is -0.144. The number of carboxylic acids is 1. The molecule has 0 radical (unpaired) electrons. The summed E-state index contributed by atoms with van der Waals surface area (Å²) in [5.74, 6) is -1.25. The van der Waals surface area contributed by atoms with Gasteiger partial charge in [0.2, 0.25) is 0 Å². The Bertz CT molecular complexity index is 442. The molecular formula is C9H10ClF3N2O2. The van der Waals surface area contributed by atoms with Gasteiger partial charge in [-0.05, 0) is 13.3 Å². The summed E-state index contributed by atoms with van der Waals surface area (Å²) in [6.45, 7) is 2.84. The average molecular weight is 271 g/mol. The summed E-state index contributed by atoms with van der Waals surface area (Å²) in [7, 11) is 0. The fourth-order valence-electron chi connectivity index (χ4n) is 1.44. The molecule has 1 atom stereocenters. The van der Waals surface area contributed by atoms with Crippen molar-refractivity contribution in [1.29, 1.82) is 0 Å². The first-order valence-corrected chi connectivity index (χ1v) is 5.12. The molecule has 1 rings (SSSR count). The Morgan fingerprint density at radius 2 is 2.12 bits per heavy atom. The minimum Gasteiger partial charge on any atom is -0.480 e. The number of carboxylic acid groups (broad SMARTS) is 1. The van der Waals surface area contributed by atoms with E-state index in [1.807, 2.05) is 0 Å². The van der Waals surface area contributed by atoms with Crippen LogP contribution in [0.3, 0.4) is 0 Å². The van der Waals surface area contributed by atoms with Crippen LogP contribution in [0.4, 0.5) is 13.2 Å². The first kappa shape index (κ1) is 13.8. The van der Waals surface area contributed by atoms with E-state index in [4.69, 9.17) is 16.7 Å². The van der Waals surface area contributed by atoms with Gasteiger partial charge in [-0.25, -0.2) is 4.79 Å². The summed E-state index contributed by atoms with van der Waals surface area (Å²) in [5, 5.41) is 11.6. The van der Waals surface area contributed by atoms with Gasteiger partial charge in [-0.3, -0.25) is 4.68 Å². The van der Waals surface area contributed by atoms with Crippen molar-refractivity contribution in [3.05, 3.63) is 16.4 Å². The van der Waals surface area contributed by atoms with E-state index in [-0.39, 0.29) is 12.1 Å². The predicted molar refractivity (Wildman–Crippen MR) is 53.9 cm³/mol. The fourth-order valence-corrected chi connectivity index (χ4v) is 1.67. The van der Waals surface area contributed by atoms with E-state index in [1.165, 1.54) is 6.92 Å². The lowest BCUT2D eigenvalue weighted by atomic mass is 10.2. The van der Waals surface area contributed by atoms with E-state index in [0.29, 0.717) is 0 Å². The molecule has 0 saturated carbocycles. The third-order valence-corrected chi connectivity index (χ3v) is 2.76. The quantitative estimate of drug-likeness (QED) is 0.919. The smallest absolute Gasteiger partial charge is 0.436 e. The maximum atomic E-state index is 12.5. The second-order valence-corrected chi connectivity index (χ2v) is 3.83. The van der Waals surface area contributed by atoms with Gasteiger partial charge in [0, 0.05) is 0 Å². The van der Waals surface area contributed by atoms with Crippen LogP contribution >= 0.6 is 11.6 Å². The Labute approximate surface area is 100.0 Å². The van der Waals surface area contributed by atoms with Crippen LogP contribution in [-0.4, -0.2) is 20.9 Å². The molecule has 0 aliphatic carbocycles. The Balaban J connectivity index is 3.33. The van der Waals surface area contributed by atoms with Gasteiger partial charge in [0.1, 0.15) is 6.04 Å². The summed E-state index contributed by atoms with van der Waals surface area (Å²) >= 11 is 5.51. The van der Waals surface area contributed by atoms with Crippen LogP contribution < -0.4 is 0 Å². The molecule has 0 aliphatic heterocycles. The minimum absolute atomic E-state index is 0.00626. The highest BCUT2D eigenvalue weighted by molar-refractivity contribution is 6.32. The van der Waals surface area contributed by atoms with E-state index < -0.39 is 28.9 Å². The van der Waals surface area contributed by atoms with Crippen LogP contribution in [0.1, 0.15) is 30.8 Å². The zero-order valence-electron chi connectivity index (χ0n) is 9.05. The third kappa shape index (κ3) is 2.54. The molecule has 96 valence electrons. The molecule has 1 N–H and O–H groups in total. The standard InChI is InChI=1S/C9H10ClF3N2O2/c1-3-5(8(16)17)15-4(2)6(10)7(14-15)9(11,12)13/h5H,3H2,1-2H3,(H,16,17). The number of carbonyl (C=O) groups is 1. The SMILES string of the molecule is CCC(C(=O)O)n1nc(C(F)(F)F)c(Cl)c1C. The molecule has 4 nitrogen and oxygen atoms in total. The van der Waals surface area contributed by atoms with E-state index in [2.05, 4.69) is 5.10 Å². The van der Waals surface area contributed by atoms with Crippen LogP contribution in [0.5, 0.6) is 0 Å². The molecule has 0 bridgehead atoms. The highest BCUT2D eigenvalue weighted by Crippen LogP contribution is 2.36. The largest absolute Gasteiger partial charge is 0.480 e. The van der Waals surface area contributed by atoms with Crippen molar-refractivity contribution in [2.75, 3.05) is 0 Å². The van der Waals surface area contributed by atoms with E-state index >= 15 is 0 Å². The van der Waals surface area contributed by atoms with Crippen LogP contribution in [0.25, 0.3) is 0 Å². The van der Waals surface area contributed by atoms with Gasteiger partial charge in [-0.15, -0.1) is 0 Å². The Morgan fingerprint density at radius 1 is 1.59 bits per heavy atom. The van der Waals surface area contributed by atoms with E-state index in [1.54, 1.807) is 6.92 Å². The fraction of sp³-hybridized carbons (Fsp3) is 0.556. The van der Waals surface area contributed by atoms with Crippen molar-refractivity contribution in [3.8, 4) is 0 Å². The summed E-state index contributed by atoms with van der Waals surface area (Å²) in [4.78, 5) is 10.9. The van der Waals surface area contributed by atoms with Gasteiger partial charge < -0.3 is 5.11 Å². The molecule has 0 amide bonds. The molecule has 1 heterocycles. The molecule has 0 spiro atoms. The molecule has 0 aliphatic rings. The van der Waals surface area contributed by atoms with Crippen molar-refractivity contribution in [3.63, 3.8) is 0 Å². The first-order chi connectivity index (χ1) is 7.70. The van der Waals surface area contributed by atoms with Crippen LogP contribution in [0, 0.1) is 6.92 Å². The zero-order chi connectivity index (χ0) is 13.4. The molecule has 1 aromatic rings. The van der Waals surface area contributed by atoms with Crippen molar-refractivity contribution >= 4 is 17.6 Å². The molecule has 8 heteroatoms. The second-order valence-electron chi connectivity index (χ2n) is 3.45. The van der Waals surface area contributed by atoms with Gasteiger partial charge >= 0.3 is 12.1 Å². The number of rotatable bonds is 3. The normalized spacial score (nSPS) is 13.8. The number of alkyl halides is 3. The summed E-state index contributed by atoms with van der Waals surface area (Å²) < 4.78 is 38.3. The number of aromatic nitrogens is 2. The summed E-state index contributed by atoms with van der Waals surface area (Å²) in [5.41, 5.74) is -1.26. The summed E-state index contributed by atoms with van der Waals surface area (Å²) in [6.07, 6.45) is -4.57. The van der Waals surface area contributed by atoms with Crippen molar-refractivity contribution in [2.45, 2.75) is 32.5 Å². The monoisotopic (exact) mass is 270 g/mol. The predicted octanol–water partition coefficient (Wildman–Crippen LogP) is 2.90. The van der Waals surface area contributed by atoms with Gasteiger partial charge in [0.15, 0.2) is 5.69 Å². The van der Waals surface area contributed by atoms with Crippen LogP contribution in [0.15, 0.2) is 0 Å². The molecule has 1 unspecified atom stereocenters. The van der Waals surface area contributed by atoms with Gasteiger partial charge in [0.25, 0.3) is 0 Å². The average Bonchev–Trinajstić information content (AvgIpc) is 2.46. The molecule has 0 aromatic carbocycles. The molecule has 0 saturated heterocycles. The van der Waals surface area contributed by atoms with Crippen molar-refractivity contribution in [1.82, 2.24) is 9.78 Å². The van der Waals surface area contributed by atoms with Gasteiger partial charge in [-0.1, -0.05) is 18.5 Å². The highest BCUT2D eigenvalue weighted by Gasteiger charge is 2.39.